The predicted molar refractivity (Wildman–Crippen MR) is 96.4 cm³/mol. The molecular formula is C17H23N3O2S. The molecule has 5 nitrogen and oxygen atoms in total. The number of aryl methyl sites for hydroxylation is 1. The first kappa shape index (κ1) is 17.1. The number of nitrogens with zero attached hydrogens (tertiary/aromatic N) is 1. The summed E-state index contributed by atoms with van der Waals surface area (Å²) in [6, 6.07) is 12.2. The lowest BCUT2D eigenvalue weighted by Gasteiger charge is -2.24. The van der Waals surface area contributed by atoms with Gasteiger partial charge in [-0.2, -0.15) is 0 Å². The minimum Gasteiger partial charge on any atom is -0.399 e. The van der Waals surface area contributed by atoms with Gasteiger partial charge in [-0.05, 0) is 51.1 Å². The first-order chi connectivity index (χ1) is 10.9. The SMILES string of the molecule is CCN(CC)c1ccc(N)cc1S(=O)(=O)Nc1ccc(C)cc1. The number of nitrogens with two attached hydrogens (primary N) is 1. The Labute approximate surface area is 138 Å². The number of nitrogen functional groups attached to an aromatic ring is 1. The van der Waals surface area contributed by atoms with E-state index in [0.717, 1.165) is 5.56 Å². The molecule has 2 aromatic rings. The molecule has 0 saturated carbocycles. The maximum absolute atomic E-state index is 12.8. The van der Waals surface area contributed by atoms with Crippen molar-refractivity contribution in [1.29, 1.82) is 0 Å². The monoisotopic (exact) mass is 333 g/mol. The predicted octanol–water partition coefficient (Wildman–Crippen LogP) is 3.22. The number of hydrogen-bond acceptors (Lipinski definition) is 4. The van der Waals surface area contributed by atoms with Gasteiger partial charge in [-0.1, -0.05) is 17.7 Å². The Kier molecular flexibility index (Phi) is 5.15. The molecule has 0 bridgehead atoms. The third-order valence-electron chi connectivity index (χ3n) is 3.68. The first-order valence-corrected chi connectivity index (χ1v) is 9.09. The van der Waals surface area contributed by atoms with Gasteiger partial charge in [0.1, 0.15) is 4.90 Å². The van der Waals surface area contributed by atoms with Gasteiger partial charge in [0, 0.05) is 24.5 Å². The summed E-state index contributed by atoms with van der Waals surface area (Å²) in [5.41, 5.74) is 8.49. The molecule has 3 N–H and O–H groups in total. The van der Waals surface area contributed by atoms with Crippen molar-refractivity contribution in [3.05, 3.63) is 48.0 Å². The molecule has 124 valence electrons. The molecule has 0 heterocycles. The minimum atomic E-state index is -3.72. The van der Waals surface area contributed by atoms with E-state index in [-0.39, 0.29) is 4.90 Å². The molecule has 0 aromatic heterocycles. The van der Waals surface area contributed by atoms with Crippen LogP contribution < -0.4 is 15.4 Å². The summed E-state index contributed by atoms with van der Waals surface area (Å²) in [6.07, 6.45) is 0. The second kappa shape index (κ2) is 6.91. The Hall–Kier alpha value is -2.21. The van der Waals surface area contributed by atoms with E-state index in [1.807, 2.05) is 37.8 Å². The highest BCUT2D eigenvalue weighted by Crippen LogP contribution is 2.29. The Morgan fingerprint density at radius 3 is 2.22 bits per heavy atom. The summed E-state index contributed by atoms with van der Waals surface area (Å²) in [7, 11) is -3.72. The quantitative estimate of drug-likeness (QED) is 0.796. The molecule has 0 aliphatic heterocycles. The van der Waals surface area contributed by atoms with Crippen molar-refractivity contribution >= 4 is 27.1 Å². The summed E-state index contributed by atoms with van der Waals surface area (Å²) in [5, 5.41) is 0. The maximum Gasteiger partial charge on any atom is 0.264 e. The van der Waals surface area contributed by atoms with Crippen molar-refractivity contribution in [2.24, 2.45) is 0 Å². The van der Waals surface area contributed by atoms with Crippen LogP contribution in [-0.4, -0.2) is 21.5 Å². The van der Waals surface area contributed by atoms with E-state index in [1.165, 1.54) is 6.07 Å². The first-order valence-electron chi connectivity index (χ1n) is 7.61. The van der Waals surface area contributed by atoms with Crippen molar-refractivity contribution in [1.82, 2.24) is 0 Å². The van der Waals surface area contributed by atoms with Gasteiger partial charge in [-0.15, -0.1) is 0 Å². The van der Waals surface area contributed by atoms with E-state index in [2.05, 4.69) is 4.72 Å². The minimum absolute atomic E-state index is 0.196. The molecule has 0 fully saturated rings. The fourth-order valence-corrected chi connectivity index (χ4v) is 3.72. The summed E-state index contributed by atoms with van der Waals surface area (Å²) in [5.74, 6) is 0. The average molecular weight is 333 g/mol. The van der Waals surface area contributed by atoms with Crippen LogP contribution in [0.5, 0.6) is 0 Å². The third kappa shape index (κ3) is 3.96. The van der Waals surface area contributed by atoms with Gasteiger partial charge >= 0.3 is 0 Å². The van der Waals surface area contributed by atoms with E-state index < -0.39 is 10.0 Å². The fraction of sp³-hybridized carbons (Fsp3) is 0.294. The Bertz CT molecular complexity index is 767. The number of anilines is 3. The van der Waals surface area contributed by atoms with Gasteiger partial charge in [0.2, 0.25) is 0 Å². The summed E-state index contributed by atoms with van der Waals surface area (Å²) in [4.78, 5) is 2.19. The second-order valence-electron chi connectivity index (χ2n) is 5.37. The van der Waals surface area contributed by atoms with Crippen LogP contribution in [0.1, 0.15) is 19.4 Å². The maximum atomic E-state index is 12.8. The molecule has 6 heteroatoms. The molecule has 0 aliphatic carbocycles. The van der Waals surface area contributed by atoms with Crippen molar-refractivity contribution in [3.8, 4) is 0 Å². The van der Waals surface area contributed by atoms with Crippen molar-refractivity contribution in [2.45, 2.75) is 25.7 Å². The normalized spacial score (nSPS) is 11.3. The highest BCUT2D eigenvalue weighted by molar-refractivity contribution is 7.92. The number of benzene rings is 2. The van der Waals surface area contributed by atoms with Gasteiger partial charge in [0.15, 0.2) is 0 Å². The molecule has 0 amide bonds. The highest BCUT2D eigenvalue weighted by Gasteiger charge is 2.21. The number of rotatable bonds is 6. The molecular weight excluding hydrogens is 310 g/mol. The average Bonchev–Trinajstić information content (AvgIpc) is 2.52. The van der Waals surface area contributed by atoms with Crippen LogP contribution >= 0.6 is 0 Å². The van der Waals surface area contributed by atoms with Gasteiger partial charge in [-0.3, -0.25) is 4.72 Å². The zero-order chi connectivity index (χ0) is 17.0. The molecule has 2 aromatic carbocycles. The molecule has 23 heavy (non-hydrogen) atoms. The summed E-state index contributed by atoms with van der Waals surface area (Å²) >= 11 is 0. The van der Waals surface area contributed by atoms with Crippen LogP contribution in [0.3, 0.4) is 0 Å². The van der Waals surface area contributed by atoms with E-state index in [1.54, 1.807) is 24.3 Å². The lowest BCUT2D eigenvalue weighted by Crippen LogP contribution is -2.25. The molecule has 0 atom stereocenters. The van der Waals surface area contributed by atoms with Crippen LogP contribution in [-0.2, 0) is 10.0 Å². The van der Waals surface area contributed by atoms with Gasteiger partial charge in [0.05, 0.1) is 5.69 Å². The fourth-order valence-electron chi connectivity index (χ4n) is 2.40. The van der Waals surface area contributed by atoms with Crippen molar-refractivity contribution in [3.63, 3.8) is 0 Å². The number of hydrogen-bond donors (Lipinski definition) is 2. The van der Waals surface area contributed by atoms with Crippen LogP contribution in [0, 0.1) is 6.92 Å². The third-order valence-corrected chi connectivity index (χ3v) is 5.09. The molecule has 0 aliphatic rings. The van der Waals surface area contributed by atoms with Crippen LogP contribution in [0.2, 0.25) is 0 Å². The van der Waals surface area contributed by atoms with Gasteiger partial charge in [-0.25, -0.2) is 8.42 Å². The molecule has 0 saturated heterocycles. The Balaban J connectivity index is 2.46. The lowest BCUT2D eigenvalue weighted by molar-refractivity contribution is 0.601. The molecule has 0 radical (unpaired) electrons. The second-order valence-corrected chi connectivity index (χ2v) is 7.02. The van der Waals surface area contributed by atoms with E-state index in [4.69, 9.17) is 5.73 Å². The van der Waals surface area contributed by atoms with Gasteiger partial charge < -0.3 is 10.6 Å². The molecule has 0 spiro atoms. The topological polar surface area (TPSA) is 75.4 Å². The van der Waals surface area contributed by atoms with Crippen LogP contribution in [0.25, 0.3) is 0 Å². The Morgan fingerprint density at radius 1 is 1.04 bits per heavy atom. The van der Waals surface area contributed by atoms with Crippen LogP contribution in [0.4, 0.5) is 17.1 Å². The number of nitrogens with one attached hydrogen (secondary N) is 1. The standard InChI is InChI=1S/C17H23N3O2S/c1-4-20(5-2)16-11-8-14(18)12-17(16)23(21,22)19-15-9-6-13(3)7-10-15/h6-12,19H,4-5,18H2,1-3H3. The van der Waals surface area contributed by atoms with E-state index in [0.29, 0.717) is 30.2 Å². The zero-order valence-corrected chi connectivity index (χ0v) is 14.5. The molecule has 0 unspecified atom stereocenters. The zero-order valence-electron chi connectivity index (χ0n) is 13.7. The largest absolute Gasteiger partial charge is 0.399 e. The number of sulfonamides is 1. The smallest absolute Gasteiger partial charge is 0.264 e. The van der Waals surface area contributed by atoms with Crippen molar-refractivity contribution in [2.75, 3.05) is 28.4 Å². The lowest BCUT2D eigenvalue weighted by atomic mass is 10.2. The highest BCUT2D eigenvalue weighted by atomic mass is 32.2. The van der Waals surface area contributed by atoms with E-state index in [9.17, 15) is 8.42 Å². The molecule has 2 rings (SSSR count). The van der Waals surface area contributed by atoms with Gasteiger partial charge in [0.25, 0.3) is 10.0 Å². The summed E-state index contributed by atoms with van der Waals surface area (Å²) in [6.45, 7) is 7.36. The summed E-state index contributed by atoms with van der Waals surface area (Å²) < 4.78 is 28.2. The van der Waals surface area contributed by atoms with Crippen molar-refractivity contribution < 1.29 is 8.42 Å². The van der Waals surface area contributed by atoms with E-state index >= 15 is 0 Å². The van der Waals surface area contributed by atoms with Crippen LogP contribution in [0.15, 0.2) is 47.4 Å². The Morgan fingerprint density at radius 2 is 1.65 bits per heavy atom.